The zero-order valence-corrected chi connectivity index (χ0v) is 16.1. The smallest absolute Gasteiger partial charge is 0.254 e. The molecule has 3 nitrogen and oxygen atoms in total. The lowest BCUT2D eigenvalue weighted by molar-refractivity contribution is 0.0954. The summed E-state index contributed by atoms with van der Waals surface area (Å²) in [6.07, 6.45) is 2.84. The van der Waals surface area contributed by atoms with Crippen LogP contribution in [0.3, 0.4) is 0 Å². The Morgan fingerprint density at radius 1 is 1.16 bits per heavy atom. The molecule has 2 aromatic carbocycles. The molecule has 134 valence electrons. The maximum absolute atomic E-state index is 12.3. The number of carbonyl (C=O) groups is 1. The van der Waals surface area contributed by atoms with E-state index in [1.807, 2.05) is 0 Å². The number of hydrogen-bond acceptors (Lipinski definition) is 2. The Bertz CT molecular complexity index is 721. The summed E-state index contributed by atoms with van der Waals surface area (Å²) in [7, 11) is 0. The number of aryl methyl sites for hydroxylation is 1. The first-order valence-corrected chi connectivity index (χ1v) is 9.23. The van der Waals surface area contributed by atoms with Crippen molar-refractivity contribution in [2.24, 2.45) is 5.92 Å². The van der Waals surface area contributed by atoms with Crippen LogP contribution in [0.25, 0.3) is 0 Å². The van der Waals surface area contributed by atoms with E-state index in [1.54, 1.807) is 0 Å². The largest absolute Gasteiger partial charge is 0.398 e. The van der Waals surface area contributed by atoms with Crippen molar-refractivity contribution in [1.82, 2.24) is 5.32 Å². The van der Waals surface area contributed by atoms with Crippen LogP contribution in [0.2, 0.25) is 10.0 Å². The van der Waals surface area contributed by atoms with Gasteiger partial charge in [0.25, 0.3) is 5.91 Å². The number of rotatable bonds is 7. The van der Waals surface area contributed by atoms with E-state index < -0.39 is 0 Å². The molecule has 25 heavy (non-hydrogen) atoms. The first kappa shape index (κ1) is 19.6. The highest BCUT2D eigenvalue weighted by Gasteiger charge is 2.14. The Kier molecular flexibility index (Phi) is 7.15. The number of nitrogen functional groups attached to an aromatic ring is 1. The second-order valence-electron chi connectivity index (χ2n) is 6.63. The summed E-state index contributed by atoms with van der Waals surface area (Å²) in [6.45, 7) is 5.00. The molecule has 0 aliphatic carbocycles. The summed E-state index contributed by atoms with van der Waals surface area (Å²) in [5.74, 6) is 0.372. The summed E-state index contributed by atoms with van der Waals surface area (Å²) < 4.78 is 0. The molecule has 2 rings (SSSR count). The Morgan fingerprint density at radius 2 is 1.88 bits per heavy atom. The molecule has 2 aromatic rings. The minimum atomic E-state index is -0.271. The normalized spacial score (nSPS) is 10.9. The number of nitrogens with two attached hydrogens (primary N) is 1. The molecule has 0 saturated carbocycles. The third-order valence-corrected chi connectivity index (χ3v) is 4.39. The average molecular weight is 379 g/mol. The van der Waals surface area contributed by atoms with Gasteiger partial charge in [0.15, 0.2) is 0 Å². The maximum atomic E-state index is 12.3. The Morgan fingerprint density at radius 3 is 2.56 bits per heavy atom. The van der Waals surface area contributed by atoms with Gasteiger partial charge in [0.05, 0.1) is 10.6 Å². The first-order valence-electron chi connectivity index (χ1n) is 8.47. The van der Waals surface area contributed by atoms with Crippen molar-refractivity contribution in [1.29, 1.82) is 0 Å². The van der Waals surface area contributed by atoms with Gasteiger partial charge in [-0.25, -0.2) is 0 Å². The molecule has 0 bridgehead atoms. The molecule has 0 radical (unpaired) electrons. The summed E-state index contributed by atoms with van der Waals surface area (Å²) in [5, 5.41) is 3.56. The number of benzene rings is 2. The quantitative estimate of drug-likeness (QED) is 0.517. The van der Waals surface area contributed by atoms with E-state index in [9.17, 15) is 4.79 Å². The number of amides is 1. The molecule has 3 N–H and O–H groups in total. The third kappa shape index (κ3) is 5.94. The van der Waals surface area contributed by atoms with Crippen LogP contribution in [-0.2, 0) is 12.8 Å². The van der Waals surface area contributed by atoms with Crippen LogP contribution in [-0.4, -0.2) is 12.5 Å². The topological polar surface area (TPSA) is 55.1 Å². The molecule has 0 atom stereocenters. The van der Waals surface area contributed by atoms with Crippen molar-refractivity contribution in [2.45, 2.75) is 33.1 Å². The predicted molar refractivity (Wildman–Crippen MR) is 107 cm³/mol. The molecule has 1 amide bonds. The number of nitrogens with one attached hydrogen (secondary N) is 1. The van der Waals surface area contributed by atoms with Gasteiger partial charge in [-0.1, -0.05) is 61.3 Å². The third-order valence-electron chi connectivity index (χ3n) is 3.88. The minimum absolute atomic E-state index is 0.267. The minimum Gasteiger partial charge on any atom is -0.398 e. The zero-order valence-electron chi connectivity index (χ0n) is 14.6. The van der Waals surface area contributed by atoms with E-state index in [2.05, 4.69) is 43.4 Å². The van der Waals surface area contributed by atoms with Gasteiger partial charge < -0.3 is 11.1 Å². The first-order chi connectivity index (χ1) is 11.9. The van der Waals surface area contributed by atoms with Gasteiger partial charge in [0, 0.05) is 17.3 Å². The highest BCUT2D eigenvalue weighted by molar-refractivity contribution is 6.37. The SMILES string of the molecule is CC(C)Cc1cccc(CCCNC(=O)c2c(N)cc(Cl)cc2Cl)c1. The van der Waals surface area contributed by atoms with Gasteiger partial charge in [-0.05, 0) is 48.4 Å². The van der Waals surface area contributed by atoms with Crippen molar-refractivity contribution >= 4 is 34.8 Å². The van der Waals surface area contributed by atoms with Crippen molar-refractivity contribution < 1.29 is 4.79 Å². The lowest BCUT2D eigenvalue weighted by Crippen LogP contribution is -2.26. The van der Waals surface area contributed by atoms with Crippen LogP contribution >= 0.6 is 23.2 Å². The van der Waals surface area contributed by atoms with Gasteiger partial charge in [-0.15, -0.1) is 0 Å². The van der Waals surface area contributed by atoms with Gasteiger partial charge in [0.2, 0.25) is 0 Å². The molecule has 0 unspecified atom stereocenters. The van der Waals surface area contributed by atoms with Crippen LogP contribution < -0.4 is 11.1 Å². The number of anilines is 1. The van der Waals surface area contributed by atoms with Crippen LogP contribution in [0, 0.1) is 5.92 Å². The van der Waals surface area contributed by atoms with Gasteiger partial charge in [-0.3, -0.25) is 4.79 Å². The molecular weight excluding hydrogens is 355 g/mol. The molecule has 5 heteroatoms. The summed E-state index contributed by atoms with van der Waals surface area (Å²) >= 11 is 11.9. The maximum Gasteiger partial charge on any atom is 0.254 e. The van der Waals surface area contributed by atoms with E-state index in [4.69, 9.17) is 28.9 Å². The molecule has 0 aliphatic heterocycles. The van der Waals surface area contributed by atoms with Crippen molar-refractivity contribution in [3.05, 3.63) is 63.1 Å². The highest BCUT2D eigenvalue weighted by atomic mass is 35.5. The predicted octanol–water partition coefficient (Wildman–Crippen LogP) is 5.14. The van der Waals surface area contributed by atoms with Crippen LogP contribution in [0.15, 0.2) is 36.4 Å². The van der Waals surface area contributed by atoms with E-state index in [-0.39, 0.29) is 22.2 Å². The number of hydrogen-bond donors (Lipinski definition) is 2. The number of halogens is 2. The molecule has 0 fully saturated rings. The average Bonchev–Trinajstić information content (AvgIpc) is 2.50. The molecule has 0 saturated heterocycles. The second-order valence-corrected chi connectivity index (χ2v) is 7.47. The second kappa shape index (κ2) is 9.12. The van der Waals surface area contributed by atoms with Crippen molar-refractivity contribution in [2.75, 3.05) is 12.3 Å². The van der Waals surface area contributed by atoms with E-state index in [1.165, 1.54) is 23.3 Å². The molecule has 0 heterocycles. The number of carbonyl (C=O) groups excluding carboxylic acids is 1. The van der Waals surface area contributed by atoms with Gasteiger partial charge >= 0.3 is 0 Å². The van der Waals surface area contributed by atoms with Gasteiger partial charge in [-0.2, -0.15) is 0 Å². The zero-order chi connectivity index (χ0) is 18.4. The van der Waals surface area contributed by atoms with Crippen molar-refractivity contribution in [3.63, 3.8) is 0 Å². The van der Waals surface area contributed by atoms with Crippen LogP contribution in [0.4, 0.5) is 5.69 Å². The summed E-state index contributed by atoms with van der Waals surface area (Å²) in [4.78, 5) is 12.3. The van der Waals surface area contributed by atoms with Crippen molar-refractivity contribution in [3.8, 4) is 0 Å². The molecule has 0 aliphatic rings. The van der Waals surface area contributed by atoms with E-state index in [0.717, 1.165) is 19.3 Å². The van der Waals surface area contributed by atoms with Crippen LogP contribution in [0.1, 0.15) is 41.8 Å². The Hall–Kier alpha value is -1.71. The molecule has 0 spiro atoms. The Balaban J connectivity index is 1.86. The fourth-order valence-electron chi connectivity index (χ4n) is 2.80. The van der Waals surface area contributed by atoms with E-state index >= 15 is 0 Å². The van der Waals surface area contributed by atoms with Crippen LogP contribution in [0.5, 0.6) is 0 Å². The monoisotopic (exact) mass is 378 g/mol. The summed E-state index contributed by atoms with van der Waals surface area (Å²) in [6, 6.07) is 11.7. The molecular formula is C20H24Cl2N2O. The lowest BCUT2D eigenvalue weighted by Gasteiger charge is -2.10. The Labute approximate surface area is 159 Å². The van der Waals surface area contributed by atoms with E-state index in [0.29, 0.717) is 17.5 Å². The fraction of sp³-hybridized carbons (Fsp3) is 0.350. The highest BCUT2D eigenvalue weighted by Crippen LogP contribution is 2.27. The standard InChI is InChI=1S/C20H24Cl2N2O/c1-13(2)9-15-6-3-5-14(10-15)7-4-8-24-20(25)19-17(22)11-16(21)12-18(19)23/h3,5-6,10-13H,4,7-9,23H2,1-2H3,(H,24,25). The fourth-order valence-corrected chi connectivity index (χ4v) is 3.39. The summed E-state index contributed by atoms with van der Waals surface area (Å²) in [5.41, 5.74) is 9.06. The van der Waals surface area contributed by atoms with Gasteiger partial charge in [0.1, 0.15) is 0 Å². The lowest BCUT2D eigenvalue weighted by atomic mass is 9.99. The molecule has 0 aromatic heterocycles.